The summed E-state index contributed by atoms with van der Waals surface area (Å²) in [5, 5.41) is 3.98. The van der Waals surface area contributed by atoms with Gasteiger partial charge in [0.05, 0.1) is 6.54 Å². The first kappa shape index (κ1) is 21.0. The van der Waals surface area contributed by atoms with Gasteiger partial charge < -0.3 is 15.1 Å². The molecule has 154 valence electrons. The highest BCUT2D eigenvalue weighted by atomic mass is 32.2. The number of nitrogens with zero attached hydrogens (tertiary/aromatic N) is 4. The predicted octanol–water partition coefficient (Wildman–Crippen LogP) is 1.98. The molecule has 2 saturated heterocycles. The van der Waals surface area contributed by atoms with Crippen molar-refractivity contribution in [2.75, 3.05) is 59.4 Å². The van der Waals surface area contributed by atoms with Crippen molar-refractivity contribution in [3.63, 3.8) is 0 Å². The van der Waals surface area contributed by atoms with Crippen molar-refractivity contribution in [1.82, 2.24) is 20.0 Å². The van der Waals surface area contributed by atoms with E-state index in [1.54, 1.807) is 0 Å². The number of carbonyl (C=O) groups is 1. The molecule has 1 aromatic rings. The SMILES string of the molecule is CN=C(NCC(C)Sc1ccccc1)N1CCN(CC(=O)N2CCCC2)CC1. The van der Waals surface area contributed by atoms with Gasteiger partial charge in [0.1, 0.15) is 0 Å². The van der Waals surface area contributed by atoms with Crippen molar-refractivity contribution in [2.45, 2.75) is 29.9 Å². The van der Waals surface area contributed by atoms with E-state index in [4.69, 9.17) is 0 Å². The van der Waals surface area contributed by atoms with Gasteiger partial charge in [-0.25, -0.2) is 0 Å². The largest absolute Gasteiger partial charge is 0.355 e. The molecular weight excluding hydrogens is 370 g/mol. The van der Waals surface area contributed by atoms with Gasteiger partial charge in [-0.1, -0.05) is 25.1 Å². The summed E-state index contributed by atoms with van der Waals surface area (Å²) in [4.78, 5) is 24.7. The third-order valence-corrected chi connectivity index (χ3v) is 6.44. The summed E-state index contributed by atoms with van der Waals surface area (Å²) < 4.78 is 0. The number of thioether (sulfide) groups is 1. The summed E-state index contributed by atoms with van der Waals surface area (Å²) in [5.41, 5.74) is 0. The third kappa shape index (κ3) is 6.14. The molecule has 2 heterocycles. The molecule has 28 heavy (non-hydrogen) atoms. The summed E-state index contributed by atoms with van der Waals surface area (Å²) in [6.45, 7) is 9.19. The molecule has 3 rings (SSSR count). The fraction of sp³-hybridized carbons (Fsp3) is 0.619. The van der Waals surface area contributed by atoms with Crippen LogP contribution in [0.5, 0.6) is 0 Å². The minimum Gasteiger partial charge on any atom is -0.355 e. The van der Waals surface area contributed by atoms with Gasteiger partial charge >= 0.3 is 0 Å². The number of likely N-dealkylation sites (tertiary alicyclic amines) is 1. The first-order valence-electron chi connectivity index (χ1n) is 10.3. The van der Waals surface area contributed by atoms with E-state index in [-0.39, 0.29) is 0 Å². The zero-order valence-corrected chi connectivity index (χ0v) is 18.0. The molecule has 1 amide bonds. The van der Waals surface area contributed by atoms with Crippen molar-refractivity contribution in [3.8, 4) is 0 Å². The van der Waals surface area contributed by atoms with Crippen LogP contribution in [-0.2, 0) is 4.79 Å². The van der Waals surface area contributed by atoms with Crippen molar-refractivity contribution in [2.24, 2.45) is 4.99 Å². The van der Waals surface area contributed by atoms with E-state index in [1.165, 1.54) is 4.90 Å². The lowest BCUT2D eigenvalue weighted by Crippen LogP contribution is -2.54. The van der Waals surface area contributed by atoms with Crippen molar-refractivity contribution in [1.29, 1.82) is 0 Å². The minimum absolute atomic E-state index is 0.292. The van der Waals surface area contributed by atoms with Gasteiger partial charge in [0, 0.05) is 63.0 Å². The van der Waals surface area contributed by atoms with Gasteiger partial charge in [0.15, 0.2) is 5.96 Å². The lowest BCUT2D eigenvalue weighted by atomic mass is 10.3. The Morgan fingerprint density at radius 1 is 1.07 bits per heavy atom. The van der Waals surface area contributed by atoms with Crippen LogP contribution in [0.2, 0.25) is 0 Å². The molecule has 2 aliphatic rings. The van der Waals surface area contributed by atoms with Gasteiger partial charge in [-0.15, -0.1) is 11.8 Å². The summed E-state index contributed by atoms with van der Waals surface area (Å²) in [5.74, 6) is 1.26. The fourth-order valence-electron chi connectivity index (χ4n) is 3.72. The van der Waals surface area contributed by atoms with Crippen LogP contribution in [-0.4, -0.2) is 91.2 Å². The van der Waals surface area contributed by atoms with Gasteiger partial charge in [0.25, 0.3) is 0 Å². The number of nitrogens with one attached hydrogen (secondary N) is 1. The smallest absolute Gasteiger partial charge is 0.236 e. The number of hydrogen-bond acceptors (Lipinski definition) is 4. The number of carbonyl (C=O) groups excluding carboxylic acids is 1. The van der Waals surface area contributed by atoms with Gasteiger partial charge in [-0.3, -0.25) is 14.7 Å². The van der Waals surface area contributed by atoms with E-state index in [1.807, 2.05) is 29.8 Å². The molecule has 7 heteroatoms. The topological polar surface area (TPSA) is 51.2 Å². The number of aliphatic imine (C=N–C) groups is 1. The van der Waals surface area contributed by atoms with E-state index in [2.05, 4.69) is 51.3 Å². The number of amides is 1. The Labute approximate surface area is 173 Å². The second-order valence-corrected chi connectivity index (χ2v) is 9.03. The minimum atomic E-state index is 0.292. The molecule has 2 aliphatic heterocycles. The van der Waals surface area contributed by atoms with Gasteiger partial charge in [0.2, 0.25) is 5.91 Å². The van der Waals surface area contributed by atoms with Crippen LogP contribution in [0, 0.1) is 0 Å². The number of benzene rings is 1. The first-order valence-corrected chi connectivity index (χ1v) is 11.2. The number of hydrogen-bond donors (Lipinski definition) is 1. The zero-order valence-electron chi connectivity index (χ0n) is 17.1. The molecule has 1 aromatic carbocycles. The van der Waals surface area contributed by atoms with E-state index in [0.717, 1.165) is 64.6 Å². The second-order valence-electron chi connectivity index (χ2n) is 7.52. The van der Waals surface area contributed by atoms with Gasteiger partial charge in [-0.05, 0) is 25.0 Å². The Kier molecular flexibility index (Phi) is 8.03. The normalized spacial score (nSPS) is 19.7. The Bertz CT molecular complexity index is 639. The summed E-state index contributed by atoms with van der Waals surface area (Å²) in [7, 11) is 1.85. The molecule has 0 radical (unpaired) electrons. The highest BCUT2D eigenvalue weighted by molar-refractivity contribution is 8.00. The average Bonchev–Trinajstić information content (AvgIpc) is 3.25. The molecule has 0 saturated carbocycles. The maximum atomic E-state index is 12.3. The Hall–Kier alpha value is -1.73. The summed E-state index contributed by atoms with van der Waals surface area (Å²) in [6, 6.07) is 10.5. The molecule has 0 spiro atoms. The van der Waals surface area contributed by atoms with Crippen LogP contribution in [0.15, 0.2) is 40.2 Å². The zero-order chi connectivity index (χ0) is 19.8. The van der Waals surface area contributed by atoms with E-state index < -0.39 is 0 Å². The maximum absolute atomic E-state index is 12.3. The highest BCUT2D eigenvalue weighted by Crippen LogP contribution is 2.22. The van der Waals surface area contributed by atoms with Crippen LogP contribution < -0.4 is 5.32 Å². The second kappa shape index (κ2) is 10.7. The molecule has 0 bridgehead atoms. The van der Waals surface area contributed by atoms with Crippen LogP contribution in [0.1, 0.15) is 19.8 Å². The number of guanidine groups is 1. The average molecular weight is 404 g/mol. The molecule has 0 aliphatic carbocycles. The molecule has 2 fully saturated rings. The van der Waals surface area contributed by atoms with Crippen LogP contribution in [0.4, 0.5) is 0 Å². The van der Waals surface area contributed by atoms with Crippen molar-refractivity contribution < 1.29 is 4.79 Å². The Balaban J connectivity index is 1.39. The lowest BCUT2D eigenvalue weighted by molar-refractivity contribution is -0.131. The maximum Gasteiger partial charge on any atom is 0.236 e. The molecule has 1 unspecified atom stereocenters. The van der Waals surface area contributed by atoms with E-state index >= 15 is 0 Å². The number of piperazine rings is 1. The quantitative estimate of drug-likeness (QED) is 0.447. The Morgan fingerprint density at radius 3 is 2.39 bits per heavy atom. The monoisotopic (exact) mass is 403 g/mol. The number of rotatable bonds is 6. The standard InChI is InChI=1S/C21H33N5OS/c1-18(28-19-8-4-3-5-9-19)16-23-21(22-2)26-14-12-24(13-15-26)17-20(27)25-10-6-7-11-25/h3-5,8-9,18H,6-7,10-17H2,1-2H3,(H,22,23). The molecule has 1 atom stereocenters. The highest BCUT2D eigenvalue weighted by Gasteiger charge is 2.24. The van der Waals surface area contributed by atoms with Crippen LogP contribution in [0.25, 0.3) is 0 Å². The van der Waals surface area contributed by atoms with Crippen molar-refractivity contribution in [3.05, 3.63) is 30.3 Å². The predicted molar refractivity (Wildman–Crippen MR) is 117 cm³/mol. The van der Waals surface area contributed by atoms with Crippen LogP contribution in [0.3, 0.4) is 0 Å². The van der Waals surface area contributed by atoms with Gasteiger partial charge in [-0.2, -0.15) is 0 Å². The van der Waals surface area contributed by atoms with Crippen molar-refractivity contribution >= 4 is 23.6 Å². The Morgan fingerprint density at radius 2 is 1.75 bits per heavy atom. The van der Waals surface area contributed by atoms with E-state index in [9.17, 15) is 4.79 Å². The summed E-state index contributed by atoms with van der Waals surface area (Å²) >= 11 is 1.88. The first-order chi connectivity index (χ1) is 13.7. The molecule has 1 N–H and O–H groups in total. The van der Waals surface area contributed by atoms with E-state index in [0.29, 0.717) is 17.7 Å². The molecule has 6 nitrogen and oxygen atoms in total. The molecular formula is C21H33N5OS. The summed E-state index contributed by atoms with van der Waals surface area (Å²) in [6.07, 6.45) is 2.31. The van der Waals surface area contributed by atoms with Crippen LogP contribution >= 0.6 is 11.8 Å². The lowest BCUT2D eigenvalue weighted by Gasteiger charge is -2.36. The third-order valence-electron chi connectivity index (χ3n) is 5.33. The fourth-order valence-corrected chi connectivity index (χ4v) is 4.66. The molecule has 0 aromatic heterocycles.